The van der Waals surface area contributed by atoms with Crippen LogP contribution in [0.3, 0.4) is 0 Å². The van der Waals surface area contributed by atoms with Gasteiger partial charge in [-0.2, -0.15) is 5.26 Å². The zero-order chi connectivity index (χ0) is 15.5. The standard InChI is InChI=1S/C15H14N6O/c1-9(2)7-22-15-13-10(6-18-14(13)19-8-20-15)11-3-4-17-12(5-16)21-11/h3-4,6,8-9H,7H2,1-2H3,(H,18,19,20). The molecule has 0 fully saturated rings. The van der Waals surface area contributed by atoms with Gasteiger partial charge in [-0.05, 0) is 12.0 Å². The van der Waals surface area contributed by atoms with Crippen molar-refractivity contribution in [2.75, 3.05) is 6.61 Å². The van der Waals surface area contributed by atoms with E-state index in [9.17, 15) is 0 Å². The van der Waals surface area contributed by atoms with Gasteiger partial charge in [0, 0.05) is 18.0 Å². The minimum atomic E-state index is 0.119. The molecule has 0 aliphatic carbocycles. The maximum atomic E-state index is 8.94. The first kappa shape index (κ1) is 13.9. The fraction of sp³-hybridized carbons (Fsp3) is 0.267. The third-order valence-electron chi connectivity index (χ3n) is 3.02. The number of rotatable bonds is 4. The molecule has 3 aromatic rings. The van der Waals surface area contributed by atoms with Crippen LogP contribution in [-0.4, -0.2) is 31.5 Å². The Morgan fingerprint density at radius 2 is 2.18 bits per heavy atom. The Labute approximate surface area is 127 Å². The zero-order valence-electron chi connectivity index (χ0n) is 12.2. The maximum absolute atomic E-state index is 8.94. The number of aromatic amines is 1. The third kappa shape index (κ3) is 2.59. The van der Waals surface area contributed by atoms with E-state index >= 15 is 0 Å². The minimum Gasteiger partial charge on any atom is -0.477 e. The lowest BCUT2D eigenvalue weighted by atomic mass is 10.1. The van der Waals surface area contributed by atoms with Crippen LogP contribution in [0.4, 0.5) is 0 Å². The van der Waals surface area contributed by atoms with Gasteiger partial charge < -0.3 is 9.72 Å². The fourth-order valence-corrected chi connectivity index (χ4v) is 2.05. The number of aromatic nitrogens is 5. The predicted octanol–water partition coefficient (Wildman–Crippen LogP) is 2.32. The van der Waals surface area contributed by atoms with Gasteiger partial charge in [-0.25, -0.2) is 19.9 Å². The lowest BCUT2D eigenvalue weighted by Gasteiger charge is -2.09. The van der Waals surface area contributed by atoms with Crippen LogP contribution in [0.25, 0.3) is 22.3 Å². The fourth-order valence-electron chi connectivity index (χ4n) is 2.05. The number of H-pyrrole nitrogens is 1. The van der Waals surface area contributed by atoms with Crippen molar-refractivity contribution >= 4 is 11.0 Å². The van der Waals surface area contributed by atoms with Crippen molar-refractivity contribution in [2.24, 2.45) is 5.92 Å². The monoisotopic (exact) mass is 294 g/mol. The van der Waals surface area contributed by atoms with Crippen LogP contribution >= 0.6 is 0 Å². The number of nitrogens with one attached hydrogen (secondary N) is 1. The first-order valence-electron chi connectivity index (χ1n) is 6.87. The lowest BCUT2D eigenvalue weighted by Crippen LogP contribution is -2.06. The van der Waals surface area contributed by atoms with E-state index in [0.717, 1.165) is 10.9 Å². The lowest BCUT2D eigenvalue weighted by molar-refractivity contribution is 0.264. The predicted molar refractivity (Wildman–Crippen MR) is 80.0 cm³/mol. The molecule has 0 aromatic carbocycles. The summed E-state index contributed by atoms with van der Waals surface area (Å²) >= 11 is 0. The average Bonchev–Trinajstić information content (AvgIpc) is 2.97. The normalized spacial score (nSPS) is 10.8. The number of ether oxygens (including phenoxy) is 1. The summed E-state index contributed by atoms with van der Waals surface area (Å²) in [6.07, 6.45) is 4.79. The van der Waals surface area contributed by atoms with E-state index in [1.807, 2.05) is 6.07 Å². The summed E-state index contributed by atoms with van der Waals surface area (Å²) in [4.78, 5) is 19.6. The summed E-state index contributed by atoms with van der Waals surface area (Å²) in [5, 5.41) is 9.70. The Morgan fingerprint density at radius 3 is 2.95 bits per heavy atom. The van der Waals surface area contributed by atoms with Gasteiger partial charge in [0.05, 0.1) is 17.7 Å². The first-order valence-corrected chi connectivity index (χ1v) is 6.87. The van der Waals surface area contributed by atoms with Gasteiger partial charge in [0.25, 0.3) is 0 Å². The molecule has 0 amide bonds. The second-order valence-corrected chi connectivity index (χ2v) is 5.19. The number of nitriles is 1. The van der Waals surface area contributed by atoms with Gasteiger partial charge in [-0.3, -0.25) is 0 Å². The first-order chi connectivity index (χ1) is 10.7. The van der Waals surface area contributed by atoms with Crippen molar-refractivity contribution in [3.05, 3.63) is 30.6 Å². The molecule has 7 heteroatoms. The van der Waals surface area contributed by atoms with Gasteiger partial charge in [0.1, 0.15) is 18.0 Å². The van der Waals surface area contributed by atoms with Gasteiger partial charge in [0.2, 0.25) is 11.7 Å². The molecule has 0 aliphatic heterocycles. The summed E-state index contributed by atoms with van der Waals surface area (Å²) in [7, 11) is 0. The van der Waals surface area contributed by atoms with E-state index in [-0.39, 0.29) is 5.82 Å². The van der Waals surface area contributed by atoms with Crippen molar-refractivity contribution in [2.45, 2.75) is 13.8 Å². The molecule has 0 spiro atoms. The van der Waals surface area contributed by atoms with Crippen LogP contribution in [0.5, 0.6) is 5.88 Å². The molecule has 0 atom stereocenters. The highest BCUT2D eigenvalue weighted by Gasteiger charge is 2.15. The second kappa shape index (κ2) is 5.77. The van der Waals surface area contributed by atoms with Crippen molar-refractivity contribution in [1.82, 2.24) is 24.9 Å². The van der Waals surface area contributed by atoms with E-state index in [1.54, 1.807) is 18.5 Å². The SMILES string of the molecule is CC(C)COc1ncnc2[nH]cc(-c3ccnc(C#N)n3)c12. The molecule has 0 radical (unpaired) electrons. The highest BCUT2D eigenvalue weighted by Crippen LogP contribution is 2.32. The van der Waals surface area contributed by atoms with E-state index in [1.165, 1.54) is 6.33 Å². The molecule has 3 aromatic heterocycles. The second-order valence-electron chi connectivity index (χ2n) is 5.19. The molecule has 7 nitrogen and oxygen atoms in total. The smallest absolute Gasteiger partial charge is 0.232 e. The van der Waals surface area contributed by atoms with Crippen molar-refractivity contribution < 1.29 is 4.74 Å². The number of nitrogens with zero attached hydrogens (tertiary/aromatic N) is 5. The molecule has 22 heavy (non-hydrogen) atoms. The van der Waals surface area contributed by atoms with Crippen molar-refractivity contribution in [1.29, 1.82) is 5.26 Å². The molecule has 110 valence electrons. The van der Waals surface area contributed by atoms with Crippen LogP contribution in [0.2, 0.25) is 0 Å². The largest absolute Gasteiger partial charge is 0.477 e. The molecular weight excluding hydrogens is 280 g/mol. The number of fused-ring (bicyclic) bond motifs is 1. The summed E-state index contributed by atoms with van der Waals surface area (Å²) in [6.45, 7) is 4.70. The van der Waals surface area contributed by atoms with Crippen molar-refractivity contribution in [3.8, 4) is 23.2 Å². The molecular formula is C15H14N6O. The summed E-state index contributed by atoms with van der Waals surface area (Å²) in [5.41, 5.74) is 2.08. The molecule has 1 N–H and O–H groups in total. The Hall–Kier alpha value is -3.01. The zero-order valence-corrected chi connectivity index (χ0v) is 12.2. The van der Waals surface area contributed by atoms with Gasteiger partial charge in [-0.15, -0.1) is 0 Å². The summed E-state index contributed by atoms with van der Waals surface area (Å²) in [6, 6.07) is 3.68. The van der Waals surface area contributed by atoms with E-state index in [4.69, 9.17) is 10.00 Å². The Balaban J connectivity index is 2.12. The van der Waals surface area contributed by atoms with Crippen LogP contribution < -0.4 is 4.74 Å². The van der Waals surface area contributed by atoms with Crippen molar-refractivity contribution in [3.63, 3.8) is 0 Å². The van der Waals surface area contributed by atoms with E-state index in [0.29, 0.717) is 29.7 Å². The van der Waals surface area contributed by atoms with E-state index < -0.39 is 0 Å². The van der Waals surface area contributed by atoms with Crippen LogP contribution in [0, 0.1) is 17.2 Å². The third-order valence-corrected chi connectivity index (χ3v) is 3.02. The number of hydrogen-bond donors (Lipinski definition) is 1. The Bertz CT molecular complexity index is 849. The summed E-state index contributed by atoms with van der Waals surface area (Å²) < 4.78 is 5.78. The van der Waals surface area contributed by atoms with E-state index in [2.05, 4.69) is 38.8 Å². The molecule has 0 unspecified atom stereocenters. The minimum absolute atomic E-state index is 0.119. The quantitative estimate of drug-likeness (QED) is 0.792. The Morgan fingerprint density at radius 1 is 1.32 bits per heavy atom. The number of hydrogen-bond acceptors (Lipinski definition) is 6. The highest BCUT2D eigenvalue weighted by atomic mass is 16.5. The molecule has 0 saturated carbocycles. The van der Waals surface area contributed by atoms with Crippen LogP contribution in [0.1, 0.15) is 19.7 Å². The van der Waals surface area contributed by atoms with Gasteiger partial charge in [0.15, 0.2) is 0 Å². The molecule has 0 aliphatic rings. The highest BCUT2D eigenvalue weighted by molar-refractivity contribution is 5.96. The maximum Gasteiger partial charge on any atom is 0.232 e. The molecule has 3 heterocycles. The average molecular weight is 294 g/mol. The summed E-state index contributed by atoms with van der Waals surface area (Å²) in [5.74, 6) is 1.01. The molecule has 0 bridgehead atoms. The molecule has 0 saturated heterocycles. The Kier molecular flexibility index (Phi) is 3.66. The van der Waals surface area contributed by atoms with Crippen LogP contribution in [-0.2, 0) is 0 Å². The van der Waals surface area contributed by atoms with Gasteiger partial charge in [-0.1, -0.05) is 13.8 Å². The van der Waals surface area contributed by atoms with Gasteiger partial charge >= 0.3 is 0 Å². The van der Waals surface area contributed by atoms with Crippen LogP contribution in [0.15, 0.2) is 24.8 Å². The molecule has 3 rings (SSSR count). The topological polar surface area (TPSA) is 100 Å².